The number of morpholine rings is 1. The normalized spacial score (nSPS) is 14.1. The quantitative estimate of drug-likeness (QED) is 0.208. The van der Waals surface area contributed by atoms with E-state index in [1.54, 1.807) is 30.3 Å². The maximum Gasteiger partial charge on any atom is 0.343 e. The lowest BCUT2D eigenvalue weighted by Gasteiger charge is -2.28. The lowest BCUT2D eigenvalue weighted by molar-refractivity contribution is -0.384. The molecule has 8 nitrogen and oxygen atoms in total. The first-order chi connectivity index (χ1) is 15.1. The minimum Gasteiger partial charge on any atom is -0.456 e. The highest BCUT2D eigenvalue weighted by atomic mass is 16.6. The molecule has 2 heterocycles. The summed E-state index contributed by atoms with van der Waals surface area (Å²) in [6, 6.07) is 17.1. The van der Waals surface area contributed by atoms with Crippen LogP contribution in [0.5, 0.6) is 5.75 Å². The van der Waals surface area contributed by atoms with E-state index in [1.807, 2.05) is 29.2 Å². The minimum atomic E-state index is -0.663. The van der Waals surface area contributed by atoms with Crippen molar-refractivity contribution in [3.05, 3.63) is 76.3 Å². The summed E-state index contributed by atoms with van der Waals surface area (Å²) < 4.78 is 16.6. The van der Waals surface area contributed by atoms with Crippen LogP contribution in [-0.4, -0.2) is 37.2 Å². The summed E-state index contributed by atoms with van der Waals surface area (Å²) in [7, 11) is 0. The summed E-state index contributed by atoms with van der Waals surface area (Å²) in [5, 5.41) is 13.4. The molecule has 0 N–H and O–H groups in total. The molecule has 5 rings (SSSR count). The third-order valence-electron chi connectivity index (χ3n) is 5.32. The maximum atomic E-state index is 12.7. The lowest BCUT2D eigenvalue weighted by Crippen LogP contribution is -2.36. The Kier molecular flexibility index (Phi) is 4.76. The van der Waals surface area contributed by atoms with Crippen molar-refractivity contribution in [2.45, 2.75) is 0 Å². The summed E-state index contributed by atoms with van der Waals surface area (Å²) in [5.74, 6) is -0.326. The summed E-state index contributed by atoms with van der Waals surface area (Å²) in [6.45, 7) is 2.13. The Morgan fingerprint density at radius 3 is 2.55 bits per heavy atom. The third kappa shape index (κ3) is 3.57. The van der Waals surface area contributed by atoms with Gasteiger partial charge in [-0.3, -0.25) is 10.1 Å². The topological polar surface area (TPSA) is 95.0 Å². The second-order valence-electron chi connectivity index (χ2n) is 7.21. The highest BCUT2D eigenvalue weighted by molar-refractivity contribution is 6.05. The summed E-state index contributed by atoms with van der Waals surface area (Å²) in [6.07, 6.45) is 0. The molecule has 1 aliphatic rings. The van der Waals surface area contributed by atoms with E-state index in [2.05, 4.69) is 0 Å². The fraction of sp³-hybridized carbons (Fsp3) is 0.174. The van der Waals surface area contributed by atoms with Crippen LogP contribution in [0.4, 0.5) is 11.4 Å². The van der Waals surface area contributed by atoms with Gasteiger partial charge in [0.2, 0.25) is 0 Å². The van der Waals surface area contributed by atoms with E-state index in [9.17, 15) is 14.9 Å². The van der Waals surface area contributed by atoms with Crippen molar-refractivity contribution < 1.29 is 23.6 Å². The number of furan rings is 1. The van der Waals surface area contributed by atoms with Crippen molar-refractivity contribution in [2.75, 3.05) is 31.2 Å². The van der Waals surface area contributed by atoms with Crippen molar-refractivity contribution in [3.63, 3.8) is 0 Å². The zero-order valence-corrected chi connectivity index (χ0v) is 16.4. The Hall–Kier alpha value is -3.91. The molecule has 0 atom stereocenters. The van der Waals surface area contributed by atoms with Gasteiger partial charge in [-0.1, -0.05) is 18.2 Å². The molecule has 1 saturated heterocycles. The zero-order valence-electron chi connectivity index (χ0n) is 16.4. The number of nitro groups is 1. The molecular formula is C23H18N2O6. The second-order valence-corrected chi connectivity index (χ2v) is 7.21. The molecule has 0 amide bonds. The number of para-hydroxylation sites is 1. The smallest absolute Gasteiger partial charge is 0.343 e. The Bertz CT molecular complexity index is 1310. The van der Waals surface area contributed by atoms with Gasteiger partial charge in [0.05, 0.1) is 23.7 Å². The van der Waals surface area contributed by atoms with Crippen molar-refractivity contribution in [1.29, 1.82) is 0 Å². The van der Waals surface area contributed by atoms with Gasteiger partial charge in [-0.2, -0.15) is 0 Å². The van der Waals surface area contributed by atoms with Gasteiger partial charge in [0.1, 0.15) is 22.6 Å². The SMILES string of the molecule is O=C(Oc1ccc2oc3ccccc3c2c1)c1ccc(N2CCOCC2)c([N+](=O)[O-])c1. The molecule has 156 valence electrons. The molecule has 1 aromatic heterocycles. The summed E-state index contributed by atoms with van der Waals surface area (Å²) in [4.78, 5) is 25.7. The summed E-state index contributed by atoms with van der Waals surface area (Å²) >= 11 is 0. The average molecular weight is 418 g/mol. The van der Waals surface area contributed by atoms with E-state index < -0.39 is 10.9 Å². The van der Waals surface area contributed by atoms with Crippen LogP contribution >= 0.6 is 0 Å². The zero-order chi connectivity index (χ0) is 21.4. The molecule has 1 fully saturated rings. The predicted octanol–water partition coefficient (Wildman–Crippen LogP) is 4.55. The third-order valence-corrected chi connectivity index (χ3v) is 5.32. The minimum absolute atomic E-state index is 0.112. The fourth-order valence-corrected chi connectivity index (χ4v) is 3.80. The molecule has 0 radical (unpaired) electrons. The largest absolute Gasteiger partial charge is 0.456 e. The number of esters is 1. The van der Waals surface area contributed by atoms with Crippen molar-refractivity contribution >= 4 is 39.3 Å². The Morgan fingerprint density at radius 2 is 1.74 bits per heavy atom. The van der Waals surface area contributed by atoms with Crippen molar-refractivity contribution in [3.8, 4) is 5.75 Å². The average Bonchev–Trinajstić information content (AvgIpc) is 3.17. The van der Waals surface area contributed by atoms with E-state index >= 15 is 0 Å². The molecule has 0 saturated carbocycles. The lowest BCUT2D eigenvalue weighted by atomic mass is 10.1. The summed E-state index contributed by atoms with van der Waals surface area (Å²) in [5.41, 5.74) is 1.88. The number of ether oxygens (including phenoxy) is 2. The van der Waals surface area contributed by atoms with E-state index in [1.165, 1.54) is 6.07 Å². The van der Waals surface area contributed by atoms with E-state index in [4.69, 9.17) is 13.9 Å². The molecule has 0 spiro atoms. The number of benzene rings is 3. The molecular weight excluding hydrogens is 400 g/mol. The van der Waals surface area contributed by atoms with Gasteiger partial charge in [-0.25, -0.2) is 4.79 Å². The van der Waals surface area contributed by atoms with Crippen LogP contribution < -0.4 is 9.64 Å². The number of hydrogen-bond donors (Lipinski definition) is 0. The molecule has 0 unspecified atom stereocenters. The van der Waals surface area contributed by atoms with E-state index in [0.717, 1.165) is 16.4 Å². The van der Waals surface area contributed by atoms with Crippen molar-refractivity contribution in [2.24, 2.45) is 0 Å². The van der Waals surface area contributed by atoms with Crippen LogP contribution in [0, 0.1) is 10.1 Å². The molecule has 0 bridgehead atoms. The van der Waals surface area contributed by atoms with Gasteiger partial charge >= 0.3 is 5.97 Å². The van der Waals surface area contributed by atoms with Gasteiger partial charge in [0.15, 0.2) is 0 Å². The number of nitro benzene ring substituents is 1. The number of rotatable bonds is 4. The number of nitrogens with zero attached hydrogens (tertiary/aromatic N) is 2. The number of carbonyl (C=O) groups is 1. The van der Waals surface area contributed by atoms with Gasteiger partial charge in [-0.15, -0.1) is 0 Å². The van der Waals surface area contributed by atoms with Gasteiger partial charge in [-0.05, 0) is 36.4 Å². The highest BCUT2D eigenvalue weighted by Crippen LogP contribution is 2.33. The second kappa shape index (κ2) is 7.73. The molecule has 1 aliphatic heterocycles. The van der Waals surface area contributed by atoms with Crippen LogP contribution in [0.1, 0.15) is 10.4 Å². The van der Waals surface area contributed by atoms with Gasteiger partial charge in [0.25, 0.3) is 5.69 Å². The van der Waals surface area contributed by atoms with E-state index in [-0.39, 0.29) is 11.3 Å². The number of fused-ring (bicyclic) bond motifs is 3. The van der Waals surface area contributed by atoms with Gasteiger partial charge < -0.3 is 18.8 Å². The Labute approximate surface area is 176 Å². The molecule has 3 aromatic carbocycles. The van der Waals surface area contributed by atoms with Crippen LogP contribution in [0.2, 0.25) is 0 Å². The highest BCUT2D eigenvalue weighted by Gasteiger charge is 2.24. The fourth-order valence-electron chi connectivity index (χ4n) is 3.80. The first-order valence-electron chi connectivity index (χ1n) is 9.85. The van der Waals surface area contributed by atoms with Crippen LogP contribution in [0.15, 0.2) is 65.1 Å². The van der Waals surface area contributed by atoms with Crippen LogP contribution in [0.25, 0.3) is 21.9 Å². The predicted molar refractivity (Wildman–Crippen MR) is 115 cm³/mol. The van der Waals surface area contributed by atoms with Crippen LogP contribution in [0.3, 0.4) is 0 Å². The number of hydrogen-bond acceptors (Lipinski definition) is 7. The van der Waals surface area contributed by atoms with Crippen molar-refractivity contribution in [1.82, 2.24) is 0 Å². The monoisotopic (exact) mass is 418 g/mol. The Morgan fingerprint density at radius 1 is 0.968 bits per heavy atom. The van der Waals surface area contributed by atoms with E-state index in [0.29, 0.717) is 43.3 Å². The maximum absolute atomic E-state index is 12.7. The van der Waals surface area contributed by atoms with Crippen LogP contribution in [-0.2, 0) is 4.74 Å². The first-order valence-corrected chi connectivity index (χ1v) is 9.85. The number of anilines is 1. The molecule has 8 heteroatoms. The first kappa shape index (κ1) is 19.1. The standard InChI is InChI=1S/C23H18N2O6/c26-23(15-5-7-19(20(13-15)25(27)28)24-9-11-29-12-10-24)30-16-6-8-22-18(14-16)17-3-1-2-4-21(17)31-22/h1-8,13-14H,9-12H2. The number of carbonyl (C=O) groups excluding carboxylic acids is 1. The Balaban J connectivity index is 1.44. The molecule has 4 aromatic rings. The van der Waals surface area contributed by atoms with Gasteiger partial charge in [0, 0.05) is 29.9 Å². The molecule has 0 aliphatic carbocycles. The molecule has 31 heavy (non-hydrogen) atoms.